The van der Waals surface area contributed by atoms with Gasteiger partial charge >= 0.3 is 0 Å². The smallest absolute Gasteiger partial charge is 0.234 e. The Morgan fingerprint density at radius 3 is 2.95 bits per heavy atom. The van der Waals surface area contributed by atoms with E-state index in [-0.39, 0.29) is 24.1 Å². The predicted molar refractivity (Wildman–Crippen MR) is 78.2 cm³/mol. The van der Waals surface area contributed by atoms with E-state index in [1.807, 2.05) is 30.3 Å². The maximum absolute atomic E-state index is 11.9. The van der Waals surface area contributed by atoms with E-state index in [1.54, 1.807) is 7.11 Å². The summed E-state index contributed by atoms with van der Waals surface area (Å²) in [5, 5.41) is 5.95. The summed E-state index contributed by atoms with van der Waals surface area (Å²) in [6.07, 6.45) is -0.250. The highest BCUT2D eigenvalue weighted by atomic mass is 16.5. The van der Waals surface area contributed by atoms with E-state index in [4.69, 9.17) is 4.74 Å². The van der Waals surface area contributed by atoms with Crippen LogP contribution in [0.5, 0.6) is 0 Å². The lowest BCUT2D eigenvalue weighted by atomic mass is 10.1. The number of amides is 1. The Hall–Kier alpha value is -1.96. The van der Waals surface area contributed by atoms with E-state index < -0.39 is 0 Å². The van der Waals surface area contributed by atoms with Gasteiger partial charge in [-0.05, 0) is 5.56 Å². The first-order valence-corrected chi connectivity index (χ1v) is 6.96. The molecule has 2 aliphatic rings. The number of aliphatic imine (C=N–C) groups is 1. The molecule has 0 aromatic heterocycles. The SMILES string of the molecule is COC(CN=C1NC(=O)C2CNNC2N1)c1ccccc1. The zero-order valence-electron chi connectivity index (χ0n) is 11.8. The van der Waals surface area contributed by atoms with Crippen molar-refractivity contribution in [3.05, 3.63) is 35.9 Å². The van der Waals surface area contributed by atoms with Crippen LogP contribution in [0.1, 0.15) is 11.7 Å². The molecule has 1 aromatic rings. The van der Waals surface area contributed by atoms with Crippen LogP contribution in [0.15, 0.2) is 35.3 Å². The van der Waals surface area contributed by atoms with Crippen molar-refractivity contribution in [3.8, 4) is 0 Å². The van der Waals surface area contributed by atoms with Crippen molar-refractivity contribution in [1.29, 1.82) is 0 Å². The molecule has 0 bridgehead atoms. The number of ether oxygens (including phenoxy) is 1. The van der Waals surface area contributed by atoms with Crippen LogP contribution in [0.25, 0.3) is 0 Å². The molecular formula is C14H19N5O2. The molecule has 2 fully saturated rings. The van der Waals surface area contributed by atoms with Gasteiger partial charge in [-0.15, -0.1) is 0 Å². The van der Waals surface area contributed by atoms with E-state index in [2.05, 4.69) is 26.5 Å². The Morgan fingerprint density at radius 2 is 2.19 bits per heavy atom. The molecule has 7 nitrogen and oxygen atoms in total. The number of methoxy groups -OCH3 is 1. The molecule has 1 aromatic carbocycles. The van der Waals surface area contributed by atoms with Crippen molar-refractivity contribution in [2.45, 2.75) is 12.3 Å². The number of guanidine groups is 1. The average molecular weight is 289 g/mol. The number of fused-ring (bicyclic) bond motifs is 1. The van der Waals surface area contributed by atoms with Crippen molar-refractivity contribution in [2.24, 2.45) is 10.9 Å². The summed E-state index contributed by atoms with van der Waals surface area (Å²) in [6, 6.07) is 9.89. The Labute approximate surface area is 123 Å². The number of carbonyl (C=O) groups is 1. The van der Waals surface area contributed by atoms with Crippen molar-refractivity contribution in [1.82, 2.24) is 21.5 Å². The molecule has 0 radical (unpaired) electrons. The zero-order valence-corrected chi connectivity index (χ0v) is 11.8. The van der Waals surface area contributed by atoms with Crippen molar-refractivity contribution in [3.63, 3.8) is 0 Å². The van der Waals surface area contributed by atoms with Crippen LogP contribution < -0.4 is 21.5 Å². The van der Waals surface area contributed by atoms with Crippen LogP contribution in [0, 0.1) is 5.92 Å². The van der Waals surface area contributed by atoms with Crippen molar-refractivity contribution >= 4 is 11.9 Å². The van der Waals surface area contributed by atoms with Crippen LogP contribution in [0.3, 0.4) is 0 Å². The van der Waals surface area contributed by atoms with Crippen LogP contribution in [-0.4, -0.2) is 38.2 Å². The van der Waals surface area contributed by atoms with Crippen LogP contribution in [-0.2, 0) is 9.53 Å². The van der Waals surface area contributed by atoms with Crippen LogP contribution >= 0.6 is 0 Å². The van der Waals surface area contributed by atoms with Gasteiger partial charge in [0.2, 0.25) is 5.91 Å². The molecule has 3 unspecified atom stereocenters. The van der Waals surface area contributed by atoms with E-state index in [1.165, 1.54) is 0 Å². The summed E-state index contributed by atoms with van der Waals surface area (Å²) >= 11 is 0. The summed E-state index contributed by atoms with van der Waals surface area (Å²) < 4.78 is 5.47. The fourth-order valence-electron chi connectivity index (χ4n) is 2.51. The molecule has 2 heterocycles. The second-order valence-corrected chi connectivity index (χ2v) is 5.07. The lowest BCUT2D eigenvalue weighted by Crippen LogP contribution is -2.61. The lowest BCUT2D eigenvalue weighted by molar-refractivity contribution is -0.124. The molecule has 3 rings (SSSR count). The summed E-state index contributed by atoms with van der Waals surface area (Å²) in [4.78, 5) is 16.3. The monoisotopic (exact) mass is 289 g/mol. The normalized spacial score (nSPS) is 27.9. The van der Waals surface area contributed by atoms with E-state index in [9.17, 15) is 4.79 Å². The zero-order chi connectivity index (χ0) is 14.7. The van der Waals surface area contributed by atoms with E-state index in [0.717, 1.165) is 5.56 Å². The summed E-state index contributed by atoms with van der Waals surface area (Å²) in [6.45, 7) is 1.05. The molecule has 0 spiro atoms. The third-order valence-corrected chi connectivity index (χ3v) is 3.72. The maximum Gasteiger partial charge on any atom is 0.234 e. The number of benzene rings is 1. The number of rotatable bonds is 4. The molecule has 7 heteroatoms. The number of carbonyl (C=O) groups excluding carboxylic acids is 1. The van der Waals surface area contributed by atoms with Crippen LogP contribution in [0.4, 0.5) is 0 Å². The minimum atomic E-state index is -0.134. The van der Waals surface area contributed by atoms with Gasteiger partial charge in [-0.25, -0.2) is 10.4 Å². The first-order valence-electron chi connectivity index (χ1n) is 6.96. The van der Waals surface area contributed by atoms with Crippen molar-refractivity contribution < 1.29 is 9.53 Å². The van der Waals surface area contributed by atoms with Gasteiger partial charge in [0, 0.05) is 13.7 Å². The van der Waals surface area contributed by atoms with Gasteiger partial charge in [0.1, 0.15) is 12.3 Å². The van der Waals surface area contributed by atoms with Gasteiger partial charge in [0.15, 0.2) is 5.96 Å². The third kappa shape index (κ3) is 3.05. The van der Waals surface area contributed by atoms with E-state index in [0.29, 0.717) is 19.0 Å². The number of hydrogen-bond donors (Lipinski definition) is 4. The number of hydrogen-bond acceptors (Lipinski definition) is 5. The Morgan fingerprint density at radius 1 is 1.38 bits per heavy atom. The Bertz CT molecular complexity index is 533. The second-order valence-electron chi connectivity index (χ2n) is 5.07. The highest BCUT2D eigenvalue weighted by Crippen LogP contribution is 2.16. The first-order chi connectivity index (χ1) is 10.3. The fourth-order valence-corrected chi connectivity index (χ4v) is 2.51. The standard InChI is InChI=1S/C14H19N5O2/c1-21-11(9-5-3-2-4-6-9)8-15-14-17-12-10(7-16-19-12)13(20)18-14/h2-6,10-12,16,19H,7-8H2,1H3,(H2,15,17,18,20). The van der Waals surface area contributed by atoms with Crippen LogP contribution in [0.2, 0.25) is 0 Å². The minimum absolute atomic E-state index is 0.0244. The number of nitrogens with zero attached hydrogens (tertiary/aromatic N) is 1. The molecule has 112 valence electrons. The van der Waals surface area contributed by atoms with Crippen molar-refractivity contribution in [2.75, 3.05) is 20.2 Å². The molecule has 2 saturated heterocycles. The number of nitrogens with one attached hydrogen (secondary N) is 4. The minimum Gasteiger partial charge on any atom is -0.375 e. The lowest BCUT2D eigenvalue weighted by Gasteiger charge is -2.27. The molecule has 0 aliphatic carbocycles. The largest absolute Gasteiger partial charge is 0.375 e. The summed E-state index contributed by atoms with van der Waals surface area (Å²) in [5.41, 5.74) is 7.04. The highest BCUT2D eigenvalue weighted by Gasteiger charge is 2.37. The fraction of sp³-hybridized carbons (Fsp3) is 0.429. The molecular weight excluding hydrogens is 270 g/mol. The van der Waals surface area contributed by atoms with Gasteiger partial charge in [-0.1, -0.05) is 30.3 Å². The first kappa shape index (κ1) is 14.0. The van der Waals surface area contributed by atoms with Gasteiger partial charge in [0.05, 0.1) is 12.5 Å². The van der Waals surface area contributed by atoms with Gasteiger partial charge in [-0.3, -0.25) is 15.5 Å². The summed E-state index contributed by atoms with van der Waals surface area (Å²) in [7, 11) is 1.66. The second kappa shape index (κ2) is 6.21. The molecule has 1 amide bonds. The molecule has 3 atom stereocenters. The maximum atomic E-state index is 11.9. The van der Waals surface area contributed by atoms with Gasteiger partial charge in [0.25, 0.3) is 0 Å². The predicted octanol–water partition coefficient (Wildman–Crippen LogP) is -0.500. The number of hydrazine groups is 1. The van der Waals surface area contributed by atoms with E-state index >= 15 is 0 Å². The third-order valence-electron chi connectivity index (χ3n) is 3.72. The Kier molecular flexibility index (Phi) is 4.14. The highest BCUT2D eigenvalue weighted by molar-refractivity contribution is 6.01. The molecule has 4 N–H and O–H groups in total. The topological polar surface area (TPSA) is 86.8 Å². The quantitative estimate of drug-likeness (QED) is 0.600. The average Bonchev–Trinajstić information content (AvgIpc) is 2.98. The van der Waals surface area contributed by atoms with Gasteiger partial charge in [-0.2, -0.15) is 0 Å². The summed E-state index contributed by atoms with van der Waals surface area (Å²) in [5.74, 6) is 0.343. The molecule has 21 heavy (non-hydrogen) atoms. The molecule has 2 aliphatic heterocycles. The van der Waals surface area contributed by atoms with Gasteiger partial charge < -0.3 is 10.1 Å². The Balaban J connectivity index is 1.66. The molecule has 0 saturated carbocycles.